The Kier molecular flexibility index (Phi) is 5.11. The summed E-state index contributed by atoms with van der Waals surface area (Å²) in [7, 11) is 0. The van der Waals surface area contributed by atoms with Crippen LogP contribution < -0.4 is 5.32 Å². The third-order valence-corrected chi connectivity index (χ3v) is 5.76. The average Bonchev–Trinajstić information content (AvgIpc) is 3.20. The lowest BCUT2D eigenvalue weighted by molar-refractivity contribution is 1.02. The Morgan fingerprint density at radius 3 is 2.85 bits per heavy atom. The van der Waals surface area contributed by atoms with Gasteiger partial charge in [0, 0.05) is 30.7 Å². The fourth-order valence-electron chi connectivity index (χ4n) is 2.83. The number of rotatable bonds is 6. The van der Waals surface area contributed by atoms with E-state index in [1.807, 2.05) is 18.3 Å². The van der Waals surface area contributed by atoms with E-state index in [9.17, 15) is 0 Å². The fraction of sp³-hybridized carbons (Fsp3) is 0.158. The van der Waals surface area contributed by atoms with Crippen LogP contribution >= 0.6 is 34.5 Å². The van der Waals surface area contributed by atoms with Gasteiger partial charge in [0.05, 0.1) is 9.90 Å². The highest BCUT2D eigenvalue weighted by molar-refractivity contribution is 7.16. The fourth-order valence-corrected chi connectivity index (χ4v) is 4.20. The van der Waals surface area contributed by atoms with Crippen LogP contribution in [0, 0.1) is 0 Å². The summed E-state index contributed by atoms with van der Waals surface area (Å²) in [4.78, 5) is 12.9. The molecule has 3 heterocycles. The highest BCUT2D eigenvalue weighted by Gasteiger charge is 2.13. The largest absolute Gasteiger partial charge is 0.361 e. The van der Waals surface area contributed by atoms with E-state index in [-0.39, 0.29) is 0 Å². The van der Waals surface area contributed by atoms with E-state index in [1.165, 1.54) is 5.56 Å². The van der Waals surface area contributed by atoms with Gasteiger partial charge in [0.25, 0.3) is 0 Å². The second-order valence-corrected chi connectivity index (χ2v) is 7.81. The molecule has 0 saturated heterocycles. The third-order valence-electron chi connectivity index (χ3n) is 4.12. The molecule has 0 aliphatic rings. The first kappa shape index (κ1) is 17.3. The molecule has 3 aromatic heterocycles. The molecule has 0 saturated carbocycles. The number of thiazole rings is 1. The van der Waals surface area contributed by atoms with Gasteiger partial charge >= 0.3 is 0 Å². The van der Waals surface area contributed by atoms with Crippen LogP contribution in [0.1, 0.15) is 16.0 Å². The molecule has 4 nitrogen and oxygen atoms in total. The summed E-state index contributed by atoms with van der Waals surface area (Å²) in [5.41, 5.74) is 3.23. The molecule has 1 aromatic carbocycles. The predicted molar refractivity (Wildman–Crippen MR) is 110 cm³/mol. The zero-order valence-electron chi connectivity index (χ0n) is 13.8. The molecular formula is C19H16Cl2N4S. The normalized spacial score (nSPS) is 11.2. The van der Waals surface area contributed by atoms with Gasteiger partial charge < -0.3 is 10.3 Å². The minimum absolute atomic E-state index is 0.543. The number of nitrogens with one attached hydrogen (secondary N) is 2. The van der Waals surface area contributed by atoms with Crippen molar-refractivity contribution in [1.82, 2.24) is 15.0 Å². The highest BCUT2D eigenvalue weighted by atomic mass is 35.5. The molecule has 0 atom stereocenters. The van der Waals surface area contributed by atoms with Crippen LogP contribution in [-0.4, -0.2) is 21.5 Å². The maximum Gasteiger partial charge on any atom is 0.184 e. The summed E-state index contributed by atoms with van der Waals surface area (Å²) in [6, 6.07) is 12.3. The van der Waals surface area contributed by atoms with E-state index in [0.29, 0.717) is 16.6 Å². The van der Waals surface area contributed by atoms with Crippen LogP contribution in [0.3, 0.4) is 0 Å². The van der Waals surface area contributed by atoms with Crippen LogP contribution in [0.25, 0.3) is 11.0 Å². The minimum atomic E-state index is 0.543. The topological polar surface area (TPSA) is 53.6 Å². The number of anilines is 1. The third kappa shape index (κ3) is 3.85. The van der Waals surface area contributed by atoms with Crippen molar-refractivity contribution in [2.24, 2.45) is 0 Å². The molecule has 7 heteroatoms. The Morgan fingerprint density at radius 1 is 1.15 bits per heavy atom. The summed E-state index contributed by atoms with van der Waals surface area (Å²) in [6.45, 7) is 0.819. The lowest BCUT2D eigenvalue weighted by Gasteiger charge is -2.02. The van der Waals surface area contributed by atoms with Gasteiger partial charge in [0.2, 0.25) is 0 Å². The van der Waals surface area contributed by atoms with Gasteiger partial charge in [-0.1, -0.05) is 53.5 Å². The smallest absolute Gasteiger partial charge is 0.184 e. The summed E-state index contributed by atoms with van der Waals surface area (Å²) in [5, 5.41) is 6.39. The SMILES string of the molecule is Clc1cnc2[nH]cc(Cc3sc(NCCc4ccccc4)nc3Cl)c2c1. The van der Waals surface area contributed by atoms with Gasteiger partial charge in [-0.05, 0) is 23.6 Å². The first-order chi connectivity index (χ1) is 12.7. The van der Waals surface area contributed by atoms with Crippen LogP contribution in [0.2, 0.25) is 10.2 Å². The van der Waals surface area contributed by atoms with Crippen molar-refractivity contribution < 1.29 is 0 Å². The summed E-state index contributed by atoms with van der Waals surface area (Å²) >= 11 is 14.0. The molecule has 0 bridgehead atoms. The number of hydrogen-bond acceptors (Lipinski definition) is 4. The quantitative estimate of drug-likeness (QED) is 0.443. The Labute approximate surface area is 165 Å². The molecule has 2 N–H and O–H groups in total. The van der Waals surface area contributed by atoms with Crippen LogP contribution in [0.5, 0.6) is 0 Å². The number of aromatic amines is 1. The number of pyridine rings is 1. The van der Waals surface area contributed by atoms with E-state index in [2.05, 4.69) is 44.5 Å². The van der Waals surface area contributed by atoms with Crippen molar-refractivity contribution in [1.29, 1.82) is 0 Å². The van der Waals surface area contributed by atoms with Crippen molar-refractivity contribution >= 4 is 50.7 Å². The number of aromatic nitrogens is 3. The van der Waals surface area contributed by atoms with Crippen LogP contribution in [0.15, 0.2) is 48.8 Å². The molecule has 0 amide bonds. The maximum atomic E-state index is 6.35. The van der Waals surface area contributed by atoms with Crippen LogP contribution in [-0.2, 0) is 12.8 Å². The van der Waals surface area contributed by atoms with E-state index >= 15 is 0 Å². The molecule has 0 spiro atoms. The van der Waals surface area contributed by atoms with Gasteiger partial charge in [-0.2, -0.15) is 0 Å². The van der Waals surface area contributed by atoms with Crippen molar-refractivity contribution in [3.63, 3.8) is 0 Å². The summed E-state index contributed by atoms with van der Waals surface area (Å²) < 4.78 is 0. The van der Waals surface area contributed by atoms with E-state index in [4.69, 9.17) is 23.2 Å². The summed E-state index contributed by atoms with van der Waals surface area (Å²) in [6.07, 6.45) is 5.23. The number of fused-ring (bicyclic) bond motifs is 1. The molecule has 0 unspecified atom stereocenters. The Hall–Kier alpha value is -2.08. The number of hydrogen-bond donors (Lipinski definition) is 2. The first-order valence-electron chi connectivity index (χ1n) is 8.23. The van der Waals surface area contributed by atoms with Crippen LogP contribution in [0.4, 0.5) is 5.13 Å². The van der Waals surface area contributed by atoms with Crippen molar-refractivity contribution in [2.45, 2.75) is 12.8 Å². The second kappa shape index (κ2) is 7.66. The number of H-pyrrole nitrogens is 1. The van der Waals surface area contributed by atoms with Gasteiger partial charge in [-0.15, -0.1) is 11.3 Å². The van der Waals surface area contributed by atoms with Gasteiger partial charge in [0.1, 0.15) is 10.8 Å². The molecule has 132 valence electrons. The lowest BCUT2D eigenvalue weighted by Crippen LogP contribution is -2.04. The van der Waals surface area contributed by atoms with E-state index in [1.54, 1.807) is 17.5 Å². The van der Waals surface area contributed by atoms with E-state index in [0.717, 1.165) is 39.6 Å². The minimum Gasteiger partial charge on any atom is -0.361 e. The molecule has 0 aliphatic carbocycles. The van der Waals surface area contributed by atoms with E-state index < -0.39 is 0 Å². The predicted octanol–water partition coefficient (Wildman–Crippen LogP) is 5.57. The Bertz CT molecular complexity index is 1030. The van der Waals surface area contributed by atoms with Crippen molar-refractivity contribution in [3.8, 4) is 0 Å². The maximum absolute atomic E-state index is 6.35. The second-order valence-electron chi connectivity index (χ2n) is 5.94. The number of benzene rings is 1. The van der Waals surface area contributed by atoms with Crippen molar-refractivity contribution in [2.75, 3.05) is 11.9 Å². The molecular weight excluding hydrogens is 387 g/mol. The molecule has 26 heavy (non-hydrogen) atoms. The van der Waals surface area contributed by atoms with Gasteiger partial charge in [-0.25, -0.2) is 9.97 Å². The van der Waals surface area contributed by atoms with Crippen molar-refractivity contribution in [3.05, 3.63) is 75.0 Å². The number of nitrogens with zero attached hydrogens (tertiary/aromatic N) is 2. The molecule has 4 aromatic rings. The molecule has 4 rings (SSSR count). The zero-order valence-corrected chi connectivity index (χ0v) is 16.1. The lowest BCUT2D eigenvalue weighted by atomic mass is 10.1. The molecule has 0 radical (unpaired) electrons. The number of halogens is 2. The Morgan fingerprint density at radius 2 is 2.00 bits per heavy atom. The zero-order chi connectivity index (χ0) is 17.9. The molecule has 0 aliphatic heterocycles. The average molecular weight is 403 g/mol. The molecule has 0 fully saturated rings. The van der Waals surface area contributed by atoms with Gasteiger partial charge in [-0.3, -0.25) is 0 Å². The monoisotopic (exact) mass is 402 g/mol. The highest BCUT2D eigenvalue weighted by Crippen LogP contribution is 2.31. The van der Waals surface area contributed by atoms with Gasteiger partial charge in [0.15, 0.2) is 5.13 Å². The standard InChI is InChI=1S/C19H16Cl2N4S/c20-14-9-15-13(10-23-18(15)24-11-14)8-16-17(21)25-19(26-16)22-7-6-12-4-2-1-3-5-12/h1-5,9-11H,6-8H2,(H,22,25)(H,23,24). The Balaban J connectivity index is 1.45. The summed E-state index contributed by atoms with van der Waals surface area (Å²) in [5.74, 6) is 0. The first-order valence-corrected chi connectivity index (χ1v) is 9.81.